The van der Waals surface area contributed by atoms with E-state index in [1.54, 1.807) is 4.52 Å². The average Bonchev–Trinajstić information content (AvgIpc) is 3.33. The first-order chi connectivity index (χ1) is 14.6. The maximum Gasteiger partial charge on any atom is 0.223 e. The molecule has 0 saturated heterocycles. The fraction of sp³-hybridized carbons (Fsp3) is 0.304. The van der Waals surface area contributed by atoms with Crippen LogP contribution in [0.3, 0.4) is 0 Å². The van der Waals surface area contributed by atoms with E-state index in [0.29, 0.717) is 30.6 Å². The minimum absolute atomic E-state index is 0.156. The highest BCUT2D eigenvalue weighted by molar-refractivity contribution is 5.86. The van der Waals surface area contributed by atoms with Crippen LogP contribution in [0.1, 0.15) is 40.2 Å². The first-order valence-electron chi connectivity index (χ1n) is 10.2. The van der Waals surface area contributed by atoms with E-state index in [2.05, 4.69) is 33.3 Å². The monoisotopic (exact) mass is 398 g/mol. The Morgan fingerprint density at radius 1 is 1.30 bits per heavy atom. The van der Waals surface area contributed by atoms with Gasteiger partial charge in [-0.1, -0.05) is 18.2 Å². The van der Waals surface area contributed by atoms with Gasteiger partial charge < -0.3 is 9.88 Å². The largest absolute Gasteiger partial charge is 0.358 e. The second kappa shape index (κ2) is 6.99. The van der Waals surface area contributed by atoms with E-state index in [1.807, 2.05) is 30.9 Å². The second-order valence-electron chi connectivity index (χ2n) is 7.86. The summed E-state index contributed by atoms with van der Waals surface area (Å²) in [6.07, 6.45) is 3.43. The van der Waals surface area contributed by atoms with Gasteiger partial charge in [-0.25, -0.2) is 9.50 Å². The quantitative estimate of drug-likeness (QED) is 0.574. The fourth-order valence-corrected chi connectivity index (χ4v) is 4.52. The zero-order valence-corrected chi connectivity index (χ0v) is 17.1. The molecule has 30 heavy (non-hydrogen) atoms. The lowest BCUT2D eigenvalue weighted by Gasteiger charge is -2.27. The molecule has 1 amide bonds. The van der Waals surface area contributed by atoms with Crippen molar-refractivity contribution in [1.29, 1.82) is 5.26 Å². The number of nitrogens with zero attached hydrogens (tertiary/aromatic N) is 5. The van der Waals surface area contributed by atoms with Gasteiger partial charge in [0.1, 0.15) is 11.6 Å². The third-order valence-electron chi connectivity index (χ3n) is 6.15. The van der Waals surface area contributed by atoms with E-state index < -0.39 is 0 Å². The molecular weight excluding hydrogens is 376 g/mol. The number of hydrogen-bond acceptors (Lipinski definition) is 4. The van der Waals surface area contributed by atoms with Crippen molar-refractivity contribution in [2.24, 2.45) is 0 Å². The Hall–Kier alpha value is -3.66. The molecule has 7 nitrogen and oxygen atoms in total. The molecule has 0 atom stereocenters. The summed E-state index contributed by atoms with van der Waals surface area (Å²) in [5.41, 5.74) is 7.46. The van der Waals surface area contributed by atoms with Crippen LogP contribution in [0.25, 0.3) is 16.6 Å². The number of para-hydroxylation sites is 1. The Bertz CT molecular complexity index is 1340. The first-order valence-corrected chi connectivity index (χ1v) is 10.2. The van der Waals surface area contributed by atoms with Crippen LogP contribution in [0.4, 0.5) is 0 Å². The lowest BCUT2D eigenvalue weighted by molar-refractivity contribution is -0.132. The molecule has 150 valence electrons. The van der Waals surface area contributed by atoms with Gasteiger partial charge in [0.2, 0.25) is 5.91 Å². The summed E-state index contributed by atoms with van der Waals surface area (Å²) in [5, 5.41) is 14.7. The van der Waals surface area contributed by atoms with Crippen LogP contribution in [0.15, 0.2) is 30.5 Å². The second-order valence-corrected chi connectivity index (χ2v) is 7.86. The minimum Gasteiger partial charge on any atom is -0.358 e. The van der Waals surface area contributed by atoms with E-state index in [9.17, 15) is 10.1 Å². The molecule has 0 saturated carbocycles. The topological polar surface area (TPSA) is 90.1 Å². The van der Waals surface area contributed by atoms with Crippen molar-refractivity contribution >= 4 is 22.5 Å². The number of aromatic amines is 1. The zero-order chi connectivity index (χ0) is 20.8. The molecule has 0 fully saturated rings. The van der Waals surface area contributed by atoms with Crippen molar-refractivity contribution in [2.45, 2.75) is 39.7 Å². The summed E-state index contributed by atoms with van der Waals surface area (Å²) >= 11 is 0. The van der Waals surface area contributed by atoms with Gasteiger partial charge in [-0.05, 0) is 31.9 Å². The number of fused-ring (bicyclic) bond motifs is 4. The van der Waals surface area contributed by atoms with Crippen LogP contribution in [-0.2, 0) is 24.2 Å². The molecule has 1 aromatic carbocycles. The number of hydrogen-bond donors (Lipinski definition) is 1. The van der Waals surface area contributed by atoms with Crippen molar-refractivity contribution in [3.63, 3.8) is 0 Å². The van der Waals surface area contributed by atoms with Gasteiger partial charge >= 0.3 is 0 Å². The normalized spacial score (nSPS) is 13.6. The Morgan fingerprint density at radius 2 is 2.13 bits per heavy atom. The average molecular weight is 398 g/mol. The molecule has 0 aliphatic carbocycles. The summed E-state index contributed by atoms with van der Waals surface area (Å²) in [6.45, 7) is 5.28. The molecule has 0 spiro atoms. The number of benzene rings is 1. The Morgan fingerprint density at radius 3 is 2.97 bits per heavy atom. The summed E-state index contributed by atoms with van der Waals surface area (Å²) < 4.78 is 1.70. The lowest BCUT2D eigenvalue weighted by atomic mass is 10.0. The maximum absolute atomic E-state index is 13.0. The molecule has 7 heteroatoms. The number of H-pyrrole nitrogens is 1. The van der Waals surface area contributed by atoms with Crippen molar-refractivity contribution in [3.05, 3.63) is 64.2 Å². The summed E-state index contributed by atoms with van der Waals surface area (Å²) in [4.78, 5) is 23.0. The molecule has 5 rings (SSSR count). The predicted octanol–water partition coefficient (Wildman–Crippen LogP) is 3.22. The third-order valence-corrected chi connectivity index (χ3v) is 6.15. The van der Waals surface area contributed by atoms with Gasteiger partial charge in [0.25, 0.3) is 0 Å². The standard InChI is InChI=1S/C23H22N6O/c1-14-17(15(2)29-23(26-14)16(11-24)12-25-29)7-8-22(30)28-10-9-21-19(13-28)18-5-3-4-6-20(18)27-21/h3-6,12,27H,7-10,13H2,1-2H3. The van der Waals surface area contributed by atoms with Gasteiger partial charge in [-0.15, -0.1) is 0 Å². The van der Waals surface area contributed by atoms with Crippen molar-refractivity contribution < 1.29 is 4.79 Å². The lowest BCUT2D eigenvalue weighted by Crippen LogP contribution is -2.36. The molecule has 0 unspecified atom stereocenters. The maximum atomic E-state index is 13.0. The molecule has 0 radical (unpaired) electrons. The Balaban J connectivity index is 1.35. The number of aromatic nitrogens is 4. The number of carbonyl (C=O) groups is 1. The van der Waals surface area contributed by atoms with Crippen LogP contribution in [-0.4, -0.2) is 36.9 Å². The van der Waals surface area contributed by atoms with Crippen LogP contribution >= 0.6 is 0 Å². The van der Waals surface area contributed by atoms with Crippen molar-refractivity contribution in [1.82, 2.24) is 24.5 Å². The Kier molecular flexibility index (Phi) is 4.28. The predicted molar refractivity (Wildman–Crippen MR) is 113 cm³/mol. The van der Waals surface area contributed by atoms with E-state index in [-0.39, 0.29) is 5.91 Å². The molecule has 3 aromatic heterocycles. The molecule has 0 bridgehead atoms. The molecule has 1 aliphatic rings. The Labute approximate surface area is 173 Å². The summed E-state index contributed by atoms with van der Waals surface area (Å²) in [5.74, 6) is 0.156. The van der Waals surface area contributed by atoms with E-state index >= 15 is 0 Å². The van der Waals surface area contributed by atoms with Crippen LogP contribution in [0.5, 0.6) is 0 Å². The highest BCUT2D eigenvalue weighted by Gasteiger charge is 2.24. The van der Waals surface area contributed by atoms with Crippen molar-refractivity contribution in [3.8, 4) is 6.07 Å². The molecule has 4 heterocycles. The van der Waals surface area contributed by atoms with Gasteiger partial charge in [0.15, 0.2) is 5.65 Å². The number of aryl methyl sites for hydroxylation is 2. The molecule has 1 N–H and O–H groups in total. The van der Waals surface area contributed by atoms with E-state index in [0.717, 1.165) is 35.4 Å². The number of nitriles is 1. The summed E-state index contributed by atoms with van der Waals surface area (Å²) in [6, 6.07) is 10.4. The number of amides is 1. The van der Waals surface area contributed by atoms with Crippen molar-refractivity contribution in [2.75, 3.05) is 6.54 Å². The molecular formula is C23H22N6O. The SMILES string of the molecule is Cc1nc2c(C#N)cnn2c(C)c1CCC(=O)N1CCc2[nH]c3ccccc3c2C1. The van der Waals surface area contributed by atoms with E-state index in [1.165, 1.54) is 22.8 Å². The van der Waals surface area contributed by atoms with Crippen LogP contribution in [0, 0.1) is 25.2 Å². The number of carbonyl (C=O) groups excluding carboxylic acids is 1. The number of rotatable bonds is 3. The van der Waals surface area contributed by atoms with Gasteiger partial charge in [-0.3, -0.25) is 4.79 Å². The summed E-state index contributed by atoms with van der Waals surface area (Å²) in [7, 11) is 0. The highest BCUT2D eigenvalue weighted by Crippen LogP contribution is 2.28. The number of nitrogens with one attached hydrogen (secondary N) is 1. The smallest absolute Gasteiger partial charge is 0.223 e. The molecule has 1 aliphatic heterocycles. The fourth-order valence-electron chi connectivity index (χ4n) is 4.52. The third kappa shape index (κ3) is 2.84. The van der Waals surface area contributed by atoms with Crippen LogP contribution in [0.2, 0.25) is 0 Å². The van der Waals surface area contributed by atoms with Gasteiger partial charge in [0.05, 0.1) is 6.20 Å². The van der Waals surface area contributed by atoms with Gasteiger partial charge in [-0.2, -0.15) is 10.4 Å². The zero-order valence-electron chi connectivity index (χ0n) is 17.1. The minimum atomic E-state index is 0.156. The van der Waals surface area contributed by atoms with Crippen LogP contribution < -0.4 is 0 Å². The molecule has 4 aromatic rings. The van der Waals surface area contributed by atoms with E-state index in [4.69, 9.17) is 0 Å². The first kappa shape index (κ1) is 18.4. The van der Waals surface area contributed by atoms with Gasteiger partial charge in [0, 0.05) is 59.5 Å². The highest BCUT2D eigenvalue weighted by atomic mass is 16.2.